The highest BCUT2D eigenvalue weighted by Gasteiger charge is 2.14. The zero-order chi connectivity index (χ0) is 18.8. The van der Waals surface area contributed by atoms with Crippen molar-refractivity contribution in [3.63, 3.8) is 0 Å². The summed E-state index contributed by atoms with van der Waals surface area (Å²) in [6.07, 6.45) is 6.47. The molecule has 9 heteroatoms. The Hall–Kier alpha value is -3.43. The molecule has 0 amide bonds. The summed E-state index contributed by atoms with van der Waals surface area (Å²) < 4.78 is 14.9. The molecule has 0 fully saturated rings. The van der Waals surface area contributed by atoms with Gasteiger partial charge in [0.05, 0.1) is 11.9 Å². The van der Waals surface area contributed by atoms with E-state index in [4.69, 9.17) is 0 Å². The maximum atomic E-state index is 12.5. The highest BCUT2D eigenvalue weighted by Crippen LogP contribution is 2.18. The predicted molar refractivity (Wildman–Crippen MR) is 106 cm³/mol. The van der Waals surface area contributed by atoms with Crippen LogP contribution in [0, 0.1) is 0 Å². The number of pyridine rings is 1. The molecule has 0 aliphatic carbocycles. The van der Waals surface area contributed by atoms with Gasteiger partial charge in [0.25, 0.3) is 0 Å². The van der Waals surface area contributed by atoms with Crippen LogP contribution < -0.4 is 5.43 Å². The first-order valence-electron chi connectivity index (χ1n) is 8.13. The van der Waals surface area contributed by atoms with Crippen LogP contribution in [-0.4, -0.2) is 40.5 Å². The molecule has 1 aromatic carbocycles. The lowest BCUT2D eigenvalue weighted by Gasteiger charge is -2.10. The molecule has 0 aliphatic heterocycles. The van der Waals surface area contributed by atoms with Gasteiger partial charge < -0.3 is 5.48 Å². The molecule has 4 rings (SSSR count). The zero-order valence-corrected chi connectivity index (χ0v) is 15.7. The van der Waals surface area contributed by atoms with Crippen molar-refractivity contribution >= 4 is 10.8 Å². The van der Waals surface area contributed by atoms with Crippen molar-refractivity contribution in [2.75, 3.05) is 6.26 Å². The van der Waals surface area contributed by atoms with Gasteiger partial charge in [0, 0.05) is 40.4 Å². The third-order valence-electron chi connectivity index (χ3n) is 3.97. The highest BCUT2D eigenvalue weighted by molar-refractivity contribution is 7.84. The molecule has 1 unspecified atom stereocenters. The van der Waals surface area contributed by atoms with Crippen LogP contribution in [0.5, 0.6) is 0 Å². The van der Waals surface area contributed by atoms with Crippen LogP contribution in [0.3, 0.4) is 0 Å². The largest absolute Gasteiger partial charge is 0.412 e. The minimum Gasteiger partial charge on any atom is -0.412 e. The van der Waals surface area contributed by atoms with E-state index >= 15 is 0 Å². The minimum atomic E-state index is -1.11. The molecule has 8 nitrogen and oxygen atoms in total. The molecule has 28 heavy (non-hydrogen) atoms. The Morgan fingerprint density at radius 3 is 2.61 bits per heavy atom. The van der Waals surface area contributed by atoms with Gasteiger partial charge >= 0.3 is 0 Å². The fourth-order valence-corrected chi connectivity index (χ4v) is 3.23. The van der Waals surface area contributed by atoms with Gasteiger partial charge in [0.1, 0.15) is 5.69 Å². The minimum absolute atomic E-state index is 0. The lowest BCUT2D eigenvalue weighted by atomic mass is 10.2. The monoisotopic (exact) mass is 395 g/mol. The SMILES string of the molecule is CS(=O)c1cccc(-n2ccc(=O)c(-c3ccnn3-c3ccccn3)n2)c1.O. The van der Waals surface area contributed by atoms with Crippen molar-refractivity contribution in [2.45, 2.75) is 4.90 Å². The Balaban J connectivity index is 0.00000225. The molecule has 0 aliphatic rings. The summed E-state index contributed by atoms with van der Waals surface area (Å²) in [7, 11) is -1.11. The van der Waals surface area contributed by atoms with Crippen molar-refractivity contribution < 1.29 is 9.69 Å². The Labute approximate surface area is 162 Å². The van der Waals surface area contributed by atoms with Crippen molar-refractivity contribution in [1.82, 2.24) is 24.5 Å². The number of aromatic nitrogens is 5. The van der Waals surface area contributed by atoms with Crippen LogP contribution >= 0.6 is 0 Å². The van der Waals surface area contributed by atoms with E-state index in [0.717, 1.165) is 0 Å². The zero-order valence-electron chi connectivity index (χ0n) is 14.9. The van der Waals surface area contributed by atoms with E-state index in [-0.39, 0.29) is 16.6 Å². The third-order valence-corrected chi connectivity index (χ3v) is 4.89. The van der Waals surface area contributed by atoms with E-state index in [1.54, 1.807) is 58.5 Å². The first-order valence-corrected chi connectivity index (χ1v) is 9.69. The lowest BCUT2D eigenvalue weighted by Crippen LogP contribution is -2.15. The van der Waals surface area contributed by atoms with Crippen LogP contribution in [0.1, 0.15) is 0 Å². The Morgan fingerprint density at radius 2 is 1.86 bits per heavy atom. The Bertz CT molecular complexity index is 1190. The average molecular weight is 395 g/mol. The molecule has 0 radical (unpaired) electrons. The Kier molecular flexibility index (Phi) is 5.57. The fourth-order valence-electron chi connectivity index (χ4n) is 2.68. The van der Waals surface area contributed by atoms with Crippen LogP contribution in [-0.2, 0) is 10.8 Å². The summed E-state index contributed by atoms with van der Waals surface area (Å²) in [4.78, 5) is 17.4. The maximum Gasteiger partial charge on any atom is 0.209 e. The Morgan fingerprint density at radius 1 is 1.00 bits per heavy atom. The van der Waals surface area contributed by atoms with Crippen molar-refractivity contribution in [3.05, 3.63) is 83.4 Å². The quantitative estimate of drug-likeness (QED) is 0.518. The number of nitrogens with zero attached hydrogens (tertiary/aromatic N) is 5. The van der Waals surface area contributed by atoms with E-state index in [0.29, 0.717) is 22.1 Å². The molecule has 0 saturated carbocycles. The summed E-state index contributed by atoms with van der Waals surface area (Å²) in [5, 5.41) is 8.76. The first-order chi connectivity index (χ1) is 13.1. The van der Waals surface area contributed by atoms with Gasteiger partial charge in [-0.1, -0.05) is 12.1 Å². The van der Waals surface area contributed by atoms with Gasteiger partial charge in [-0.15, -0.1) is 0 Å². The summed E-state index contributed by atoms with van der Waals surface area (Å²) in [6.45, 7) is 0. The lowest BCUT2D eigenvalue weighted by molar-refractivity contribution is 0.686. The smallest absolute Gasteiger partial charge is 0.209 e. The number of rotatable bonds is 4. The molecule has 0 bridgehead atoms. The van der Waals surface area contributed by atoms with Crippen LogP contribution in [0.15, 0.2) is 82.9 Å². The van der Waals surface area contributed by atoms with Gasteiger partial charge in [-0.25, -0.2) is 14.3 Å². The van der Waals surface area contributed by atoms with Crippen molar-refractivity contribution in [3.8, 4) is 22.9 Å². The van der Waals surface area contributed by atoms with Crippen molar-refractivity contribution in [1.29, 1.82) is 0 Å². The standard InChI is InChI=1S/C19H15N5O2S.H2O/c1-27(26)15-6-4-5-14(13-15)23-12-9-17(25)19(22-23)16-8-11-21-24(16)18-7-2-3-10-20-18;/h2-13H,1H3;1H2. The van der Waals surface area contributed by atoms with Crippen molar-refractivity contribution in [2.24, 2.45) is 0 Å². The summed E-state index contributed by atoms with van der Waals surface area (Å²) in [5.41, 5.74) is 1.29. The maximum absolute atomic E-state index is 12.5. The van der Waals surface area contributed by atoms with Gasteiger partial charge in [-0.3, -0.25) is 9.00 Å². The van der Waals surface area contributed by atoms with E-state index in [1.807, 2.05) is 24.3 Å². The summed E-state index contributed by atoms with van der Waals surface area (Å²) in [5.74, 6) is 0.595. The molecule has 142 valence electrons. The van der Waals surface area contributed by atoms with Gasteiger partial charge in [0.2, 0.25) is 5.43 Å². The molecule has 3 aromatic heterocycles. The molecule has 1 atom stereocenters. The molecular formula is C19H17N5O3S. The summed E-state index contributed by atoms with van der Waals surface area (Å²) in [6, 6.07) is 15.9. The van der Waals surface area contributed by atoms with Crippen LogP contribution in [0.2, 0.25) is 0 Å². The number of hydrogen-bond donors (Lipinski definition) is 0. The number of benzene rings is 1. The molecule has 4 aromatic rings. The molecule has 3 heterocycles. The van der Waals surface area contributed by atoms with Gasteiger partial charge in [0.15, 0.2) is 11.5 Å². The predicted octanol–water partition coefficient (Wildman–Crippen LogP) is 1.39. The fraction of sp³-hybridized carbons (Fsp3) is 0.0526. The second-order valence-corrected chi connectivity index (χ2v) is 7.12. The average Bonchev–Trinajstić information content (AvgIpc) is 3.19. The van der Waals surface area contributed by atoms with E-state index in [9.17, 15) is 9.00 Å². The van der Waals surface area contributed by atoms with Crippen LogP contribution in [0.4, 0.5) is 0 Å². The molecule has 2 N–H and O–H groups in total. The summed E-state index contributed by atoms with van der Waals surface area (Å²) >= 11 is 0. The topological polar surface area (TPSA) is 114 Å². The molecule has 0 spiro atoms. The second-order valence-electron chi connectivity index (χ2n) is 5.74. The molecule has 0 saturated heterocycles. The number of hydrogen-bond acceptors (Lipinski definition) is 5. The van der Waals surface area contributed by atoms with Gasteiger partial charge in [-0.2, -0.15) is 10.2 Å². The third kappa shape index (κ3) is 3.66. The van der Waals surface area contributed by atoms with E-state index in [1.165, 1.54) is 6.07 Å². The van der Waals surface area contributed by atoms with E-state index < -0.39 is 10.8 Å². The highest BCUT2D eigenvalue weighted by atomic mass is 32.2. The van der Waals surface area contributed by atoms with E-state index in [2.05, 4.69) is 15.2 Å². The normalized spacial score (nSPS) is 11.6. The molecular weight excluding hydrogens is 378 g/mol. The second kappa shape index (κ2) is 8.07. The van der Waals surface area contributed by atoms with Gasteiger partial charge in [-0.05, 0) is 36.4 Å². The first kappa shape index (κ1) is 19.3. The van der Waals surface area contributed by atoms with Crippen LogP contribution in [0.25, 0.3) is 22.9 Å².